The Bertz CT molecular complexity index is 625. The van der Waals surface area contributed by atoms with Gasteiger partial charge in [-0.3, -0.25) is 9.59 Å². The fourth-order valence-electron chi connectivity index (χ4n) is 5.38. The minimum Gasteiger partial charge on any atom is -0.457 e. The lowest BCUT2D eigenvalue weighted by Gasteiger charge is -2.58. The van der Waals surface area contributed by atoms with Crippen LogP contribution in [0.4, 0.5) is 0 Å². The number of hydrogen-bond donors (Lipinski definition) is 0. The summed E-state index contributed by atoms with van der Waals surface area (Å²) in [4.78, 5) is 24.9. The number of ketones is 1. The highest BCUT2D eigenvalue weighted by atomic mass is 79.9. The van der Waals surface area contributed by atoms with Crippen LogP contribution in [0.25, 0.3) is 0 Å². The second-order valence-corrected chi connectivity index (χ2v) is 9.44. The summed E-state index contributed by atoms with van der Waals surface area (Å²) in [5, 5.41) is 0. The molecule has 4 heteroatoms. The first-order valence-corrected chi connectivity index (χ1v) is 9.22. The van der Waals surface area contributed by atoms with Gasteiger partial charge in [0.1, 0.15) is 0 Å². The van der Waals surface area contributed by atoms with Gasteiger partial charge in [0.25, 0.3) is 0 Å². The SMILES string of the molecule is O=C(COC(=O)C12C[C@H]3C[C@@H](CC(Br)(C3)C1)C2)c1ccccc1. The zero-order valence-electron chi connectivity index (χ0n) is 13.1. The van der Waals surface area contributed by atoms with Crippen LogP contribution in [0, 0.1) is 17.3 Å². The molecular formula is C19H21BrO3. The number of esters is 1. The normalized spacial score (nSPS) is 37.6. The molecule has 0 saturated heterocycles. The summed E-state index contributed by atoms with van der Waals surface area (Å²) in [6.45, 7) is -0.144. The van der Waals surface area contributed by atoms with Crippen LogP contribution in [0.1, 0.15) is 48.9 Å². The first kappa shape index (κ1) is 15.4. The lowest BCUT2D eigenvalue weighted by Crippen LogP contribution is -2.56. The highest BCUT2D eigenvalue weighted by Crippen LogP contribution is 2.64. The summed E-state index contributed by atoms with van der Waals surface area (Å²) in [5.41, 5.74) is 0.243. The molecule has 122 valence electrons. The van der Waals surface area contributed by atoms with Gasteiger partial charge < -0.3 is 4.74 Å². The van der Waals surface area contributed by atoms with Crippen molar-refractivity contribution in [1.82, 2.24) is 0 Å². The molecule has 1 aromatic rings. The number of carbonyl (C=O) groups excluding carboxylic acids is 2. The van der Waals surface area contributed by atoms with Crippen LogP contribution in [0.3, 0.4) is 0 Å². The quantitative estimate of drug-likeness (QED) is 0.450. The Morgan fingerprint density at radius 3 is 2.35 bits per heavy atom. The van der Waals surface area contributed by atoms with Crippen molar-refractivity contribution in [2.24, 2.45) is 17.3 Å². The fraction of sp³-hybridized carbons (Fsp3) is 0.579. The van der Waals surface area contributed by atoms with Crippen LogP contribution in [-0.2, 0) is 9.53 Å². The topological polar surface area (TPSA) is 43.4 Å². The summed E-state index contributed by atoms with van der Waals surface area (Å²) in [6, 6.07) is 9.03. The largest absolute Gasteiger partial charge is 0.457 e. The molecule has 0 heterocycles. The van der Waals surface area contributed by atoms with Gasteiger partial charge in [-0.05, 0) is 50.4 Å². The number of alkyl halides is 1. The maximum absolute atomic E-state index is 12.8. The lowest BCUT2D eigenvalue weighted by molar-refractivity contribution is -0.168. The molecule has 4 bridgehead atoms. The van der Waals surface area contributed by atoms with Gasteiger partial charge in [-0.1, -0.05) is 46.3 Å². The Morgan fingerprint density at radius 2 is 1.74 bits per heavy atom. The first-order valence-electron chi connectivity index (χ1n) is 8.43. The highest BCUT2D eigenvalue weighted by molar-refractivity contribution is 9.10. The number of hydrogen-bond acceptors (Lipinski definition) is 3. The van der Waals surface area contributed by atoms with Gasteiger partial charge >= 0.3 is 5.97 Å². The second-order valence-electron chi connectivity index (χ2n) is 7.76. The smallest absolute Gasteiger partial charge is 0.312 e. The van der Waals surface area contributed by atoms with Crippen LogP contribution in [0.5, 0.6) is 0 Å². The molecule has 5 rings (SSSR count). The van der Waals surface area contributed by atoms with Crippen LogP contribution in [-0.4, -0.2) is 22.7 Å². The molecule has 0 spiro atoms. The van der Waals surface area contributed by atoms with Gasteiger partial charge in [0.2, 0.25) is 0 Å². The monoisotopic (exact) mass is 376 g/mol. The maximum atomic E-state index is 12.8. The summed E-state index contributed by atoms with van der Waals surface area (Å²) < 4.78 is 5.60. The zero-order chi connectivity index (χ0) is 16.1. The van der Waals surface area contributed by atoms with E-state index >= 15 is 0 Å². The van der Waals surface area contributed by atoms with E-state index in [2.05, 4.69) is 15.9 Å². The molecule has 3 nitrogen and oxygen atoms in total. The molecule has 0 unspecified atom stereocenters. The number of rotatable bonds is 4. The Morgan fingerprint density at radius 1 is 1.09 bits per heavy atom. The van der Waals surface area contributed by atoms with E-state index in [1.54, 1.807) is 12.1 Å². The van der Waals surface area contributed by atoms with Crippen molar-refractivity contribution in [1.29, 1.82) is 0 Å². The van der Waals surface area contributed by atoms with E-state index in [4.69, 9.17) is 4.74 Å². The summed E-state index contributed by atoms with van der Waals surface area (Å²) in [6.07, 6.45) is 6.37. The van der Waals surface area contributed by atoms with E-state index in [0.717, 1.165) is 19.3 Å². The van der Waals surface area contributed by atoms with Crippen LogP contribution < -0.4 is 0 Å². The second kappa shape index (κ2) is 5.44. The summed E-state index contributed by atoms with van der Waals surface area (Å²) in [5.74, 6) is 0.984. The lowest BCUT2D eigenvalue weighted by atomic mass is 9.49. The van der Waals surface area contributed by atoms with Gasteiger partial charge in [-0.15, -0.1) is 0 Å². The van der Waals surface area contributed by atoms with E-state index in [9.17, 15) is 9.59 Å². The van der Waals surface area contributed by atoms with Crippen molar-refractivity contribution in [2.75, 3.05) is 6.61 Å². The van der Waals surface area contributed by atoms with Gasteiger partial charge in [-0.25, -0.2) is 0 Å². The van der Waals surface area contributed by atoms with Crippen molar-refractivity contribution in [3.8, 4) is 0 Å². The maximum Gasteiger partial charge on any atom is 0.312 e. The Balaban J connectivity index is 1.44. The number of ether oxygens (including phenoxy) is 1. The number of benzene rings is 1. The average molecular weight is 377 g/mol. The van der Waals surface area contributed by atoms with Crippen molar-refractivity contribution in [3.05, 3.63) is 35.9 Å². The minimum absolute atomic E-state index is 0.125. The molecule has 0 radical (unpaired) electrons. The Labute approximate surface area is 144 Å². The van der Waals surface area contributed by atoms with E-state index in [1.165, 1.54) is 19.3 Å². The number of carbonyl (C=O) groups is 2. The third kappa shape index (κ3) is 2.75. The van der Waals surface area contributed by atoms with Crippen molar-refractivity contribution < 1.29 is 14.3 Å². The molecule has 0 aliphatic heterocycles. The fourth-order valence-corrected chi connectivity index (χ4v) is 6.83. The predicted octanol–water partition coefficient (Wildman–Crippen LogP) is 4.15. The van der Waals surface area contributed by atoms with E-state index in [-0.39, 0.29) is 28.1 Å². The molecule has 0 amide bonds. The molecule has 0 aromatic heterocycles. The van der Waals surface area contributed by atoms with E-state index in [0.29, 0.717) is 17.4 Å². The van der Waals surface area contributed by atoms with Crippen LogP contribution in [0.2, 0.25) is 0 Å². The zero-order valence-corrected chi connectivity index (χ0v) is 14.7. The third-order valence-corrected chi connectivity index (χ3v) is 6.78. The molecule has 1 aromatic carbocycles. The standard InChI is InChI=1S/C19H21BrO3/c20-19-9-13-6-14(10-19)8-18(7-13,12-19)17(22)23-11-16(21)15-4-2-1-3-5-15/h1-5,13-14H,6-12H2/t13-,14-,18?,19?/m1/s1. The summed E-state index contributed by atoms with van der Waals surface area (Å²) >= 11 is 3.90. The van der Waals surface area contributed by atoms with Crippen molar-refractivity contribution >= 4 is 27.7 Å². The van der Waals surface area contributed by atoms with E-state index in [1.807, 2.05) is 18.2 Å². The molecule has 4 aliphatic carbocycles. The average Bonchev–Trinajstić information content (AvgIpc) is 2.50. The molecule has 4 aliphatic rings. The molecule has 2 atom stereocenters. The van der Waals surface area contributed by atoms with Gasteiger partial charge in [0, 0.05) is 9.89 Å². The van der Waals surface area contributed by atoms with Crippen LogP contribution >= 0.6 is 15.9 Å². The molecule has 4 fully saturated rings. The van der Waals surface area contributed by atoms with Crippen LogP contribution in [0.15, 0.2) is 30.3 Å². The van der Waals surface area contributed by atoms with Gasteiger partial charge in [0.15, 0.2) is 12.4 Å². The van der Waals surface area contributed by atoms with Crippen molar-refractivity contribution in [3.63, 3.8) is 0 Å². The van der Waals surface area contributed by atoms with Gasteiger partial charge in [0.05, 0.1) is 5.41 Å². The molecule has 4 saturated carbocycles. The van der Waals surface area contributed by atoms with Gasteiger partial charge in [-0.2, -0.15) is 0 Å². The van der Waals surface area contributed by atoms with E-state index < -0.39 is 0 Å². The molecular weight excluding hydrogens is 356 g/mol. The number of Topliss-reactive ketones (excluding diaryl/α,β-unsaturated/α-hetero) is 1. The minimum atomic E-state index is -0.357. The first-order chi connectivity index (χ1) is 11.0. The summed E-state index contributed by atoms with van der Waals surface area (Å²) in [7, 11) is 0. The molecule has 0 N–H and O–H groups in total. The third-order valence-electron chi connectivity index (χ3n) is 5.85. The number of halogens is 1. The molecule has 23 heavy (non-hydrogen) atoms. The Kier molecular flexibility index (Phi) is 3.63. The van der Waals surface area contributed by atoms with Crippen molar-refractivity contribution in [2.45, 2.75) is 42.8 Å². The Hall–Kier alpha value is -1.16. The highest BCUT2D eigenvalue weighted by Gasteiger charge is 2.60. The predicted molar refractivity (Wildman–Crippen MR) is 90.5 cm³/mol.